The van der Waals surface area contributed by atoms with Crippen LogP contribution in [0.1, 0.15) is 18.9 Å². The van der Waals surface area contributed by atoms with Crippen molar-refractivity contribution in [1.82, 2.24) is 0 Å². The van der Waals surface area contributed by atoms with E-state index in [0.29, 0.717) is 10.9 Å². The van der Waals surface area contributed by atoms with E-state index in [1.165, 1.54) is 6.42 Å². The third-order valence-corrected chi connectivity index (χ3v) is 3.25. The van der Waals surface area contributed by atoms with Crippen molar-refractivity contribution in [2.24, 2.45) is 11.7 Å². The van der Waals surface area contributed by atoms with Gasteiger partial charge in [-0.2, -0.15) is 0 Å². The van der Waals surface area contributed by atoms with Gasteiger partial charge in [0.1, 0.15) is 5.84 Å². The monoisotopic (exact) mass is 237 g/mol. The Bertz CT molecular complexity index is 417. The van der Waals surface area contributed by atoms with Gasteiger partial charge in [-0.25, -0.2) is 0 Å². The van der Waals surface area contributed by atoms with Crippen molar-refractivity contribution in [3.8, 4) is 0 Å². The first kappa shape index (κ1) is 11.3. The van der Waals surface area contributed by atoms with Gasteiger partial charge in [-0.1, -0.05) is 18.5 Å². The molecule has 0 saturated carbocycles. The fourth-order valence-corrected chi connectivity index (χ4v) is 2.31. The van der Waals surface area contributed by atoms with E-state index in [4.69, 9.17) is 22.7 Å². The smallest absolute Gasteiger partial charge is 0.124 e. The minimum atomic E-state index is 0.103. The number of rotatable bonds is 2. The summed E-state index contributed by atoms with van der Waals surface area (Å²) in [6.07, 6.45) is 1.18. The van der Waals surface area contributed by atoms with E-state index in [1.54, 1.807) is 6.07 Å². The summed E-state index contributed by atoms with van der Waals surface area (Å²) < 4.78 is 0. The molecule has 1 aliphatic rings. The molecule has 16 heavy (non-hydrogen) atoms. The van der Waals surface area contributed by atoms with Crippen LogP contribution in [0.3, 0.4) is 0 Å². The van der Waals surface area contributed by atoms with Gasteiger partial charge in [-0.3, -0.25) is 5.41 Å². The van der Waals surface area contributed by atoms with Crippen LogP contribution in [-0.2, 0) is 0 Å². The van der Waals surface area contributed by atoms with E-state index in [0.717, 1.165) is 24.3 Å². The van der Waals surface area contributed by atoms with E-state index < -0.39 is 0 Å². The van der Waals surface area contributed by atoms with Crippen LogP contribution in [-0.4, -0.2) is 18.9 Å². The molecule has 1 aliphatic heterocycles. The Balaban J connectivity index is 2.37. The molecule has 0 spiro atoms. The average Bonchev–Trinajstić information content (AvgIpc) is 2.64. The van der Waals surface area contributed by atoms with Crippen LogP contribution in [0.4, 0.5) is 5.69 Å². The van der Waals surface area contributed by atoms with Gasteiger partial charge in [0.05, 0.1) is 0 Å². The SMILES string of the molecule is CC1CCN(c2cc(Cl)ccc2C(=N)N)C1. The highest BCUT2D eigenvalue weighted by Gasteiger charge is 2.21. The zero-order valence-corrected chi connectivity index (χ0v) is 10.1. The maximum absolute atomic E-state index is 7.57. The summed E-state index contributed by atoms with van der Waals surface area (Å²) in [7, 11) is 0. The lowest BCUT2D eigenvalue weighted by atomic mass is 10.1. The van der Waals surface area contributed by atoms with Gasteiger partial charge in [-0.15, -0.1) is 0 Å². The molecule has 0 bridgehead atoms. The normalized spacial score (nSPS) is 20.1. The lowest BCUT2D eigenvalue weighted by Gasteiger charge is -2.21. The number of hydrogen-bond acceptors (Lipinski definition) is 2. The number of nitrogens with zero attached hydrogens (tertiary/aromatic N) is 1. The zero-order chi connectivity index (χ0) is 11.7. The summed E-state index contributed by atoms with van der Waals surface area (Å²) in [5.74, 6) is 0.796. The van der Waals surface area contributed by atoms with Crippen molar-refractivity contribution in [3.63, 3.8) is 0 Å². The predicted octanol–water partition coefficient (Wildman–Crippen LogP) is 2.47. The summed E-state index contributed by atoms with van der Waals surface area (Å²) in [5, 5.41) is 8.26. The Morgan fingerprint density at radius 1 is 1.56 bits per heavy atom. The Morgan fingerprint density at radius 3 is 2.88 bits per heavy atom. The first-order valence-electron chi connectivity index (χ1n) is 5.47. The Morgan fingerprint density at radius 2 is 2.31 bits per heavy atom. The standard InChI is InChI=1S/C12H16ClN3/c1-8-4-5-16(7-8)11-6-9(13)2-3-10(11)12(14)15/h2-3,6,8H,4-5,7H2,1H3,(H3,14,15). The van der Waals surface area contributed by atoms with Crippen LogP contribution in [0.2, 0.25) is 5.02 Å². The van der Waals surface area contributed by atoms with Crippen LogP contribution < -0.4 is 10.6 Å². The summed E-state index contributed by atoms with van der Waals surface area (Å²) >= 11 is 6.00. The van der Waals surface area contributed by atoms with Crippen LogP contribution in [0.5, 0.6) is 0 Å². The largest absolute Gasteiger partial charge is 0.384 e. The Labute approximate surface area is 101 Å². The molecule has 1 aromatic rings. The highest BCUT2D eigenvalue weighted by atomic mass is 35.5. The quantitative estimate of drug-likeness (QED) is 0.613. The van der Waals surface area contributed by atoms with Gasteiger partial charge in [0.2, 0.25) is 0 Å². The van der Waals surface area contributed by atoms with E-state index >= 15 is 0 Å². The second kappa shape index (κ2) is 4.34. The molecule has 86 valence electrons. The molecular formula is C12H16ClN3. The molecule has 0 radical (unpaired) electrons. The van der Waals surface area contributed by atoms with Crippen LogP contribution >= 0.6 is 11.6 Å². The van der Waals surface area contributed by atoms with Gasteiger partial charge < -0.3 is 10.6 Å². The molecule has 3 N–H and O–H groups in total. The lowest BCUT2D eigenvalue weighted by Crippen LogP contribution is -2.23. The summed E-state index contributed by atoms with van der Waals surface area (Å²) in [6.45, 7) is 4.26. The van der Waals surface area contributed by atoms with Crippen molar-refractivity contribution in [2.75, 3.05) is 18.0 Å². The van der Waals surface area contributed by atoms with E-state index in [9.17, 15) is 0 Å². The molecule has 0 aromatic heterocycles. The fourth-order valence-electron chi connectivity index (χ4n) is 2.15. The predicted molar refractivity (Wildman–Crippen MR) is 68.5 cm³/mol. The summed E-state index contributed by atoms with van der Waals surface area (Å²) in [5.41, 5.74) is 7.35. The van der Waals surface area contributed by atoms with Crippen molar-refractivity contribution < 1.29 is 0 Å². The first-order valence-corrected chi connectivity index (χ1v) is 5.84. The van der Waals surface area contributed by atoms with E-state index in [1.807, 2.05) is 12.1 Å². The number of benzene rings is 1. The highest BCUT2D eigenvalue weighted by molar-refractivity contribution is 6.31. The molecule has 1 atom stereocenters. The van der Waals surface area contributed by atoms with Crippen LogP contribution in [0.15, 0.2) is 18.2 Å². The number of nitrogen functional groups attached to an aromatic ring is 1. The minimum Gasteiger partial charge on any atom is -0.384 e. The third kappa shape index (κ3) is 2.14. The molecule has 1 heterocycles. The average molecular weight is 238 g/mol. The summed E-state index contributed by atoms with van der Waals surface area (Å²) in [4.78, 5) is 2.26. The number of amidine groups is 1. The number of halogens is 1. The fraction of sp³-hybridized carbons (Fsp3) is 0.417. The number of nitrogens with one attached hydrogen (secondary N) is 1. The molecule has 4 heteroatoms. The lowest BCUT2D eigenvalue weighted by molar-refractivity contribution is 0.659. The van der Waals surface area contributed by atoms with Gasteiger partial charge in [0.25, 0.3) is 0 Å². The number of anilines is 1. The molecule has 2 rings (SSSR count). The highest BCUT2D eigenvalue weighted by Crippen LogP contribution is 2.29. The van der Waals surface area contributed by atoms with Gasteiger partial charge in [-0.05, 0) is 30.5 Å². The number of nitrogens with two attached hydrogens (primary N) is 1. The van der Waals surface area contributed by atoms with E-state index in [-0.39, 0.29) is 5.84 Å². The van der Waals surface area contributed by atoms with Crippen LogP contribution in [0, 0.1) is 11.3 Å². The zero-order valence-electron chi connectivity index (χ0n) is 9.33. The first-order chi connectivity index (χ1) is 7.58. The molecule has 3 nitrogen and oxygen atoms in total. The maximum atomic E-state index is 7.57. The second-order valence-corrected chi connectivity index (χ2v) is 4.85. The van der Waals surface area contributed by atoms with Gasteiger partial charge in [0, 0.05) is 29.4 Å². The Kier molecular flexibility index (Phi) is 3.06. The molecule has 0 amide bonds. The van der Waals surface area contributed by atoms with Crippen LogP contribution in [0.25, 0.3) is 0 Å². The van der Waals surface area contributed by atoms with E-state index in [2.05, 4.69) is 11.8 Å². The molecule has 1 aromatic carbocycles. The molecule has 1 fully saturated rings. The molecule has 1 saturated heterocycles. The number of hydrogen-bond donors (Lipinski definition) is 2. The minimum absolute atomic E-state index is 0.103. The molecule has 0 aliphatic carbocycles. The molecular weight excluding hydrogens is 222 g/mol. The summed E-state index contributed by atoms with van der Waals surface area (Å²) in [6, 6.07) is 5.50. The maximum Gasteiger partial charge on any atom is 0.124 e. The third-order valence-electron chi connectivity index (χ3n) is 3.01. The van der Waals surface area contributed by atoms with Gasteiger partial charge in [0.15, 0.2) is 0 Å². The van der Waals surface area contributed by atoms with Gasteiger partial charge >= 0.3 is 0 Å². The second-order valence-electron chi connectivity index (χ2n) is 4.42. The Hall–Kier alpha value is -1.22. The van der Waals surface area contributed by atoms with Crippen molar-refractivity contribution in [1.29, 1.82) is 5.41 Å². The van der Waals surface area contributed by atoms with Crippen molar-refractivity contribution in [2.45, 2.75) is 13.3 Å². The van der Waals surface area contributed by atoms with Crippen molar-refractivity contribution in [3.05, 3.63) is 28.8 Å². The van der Waals surface area contributed by atoms with Crippen molar-refractivity contribution >= 4 is 23.1 Å². The molecule has 1 unspecified atom stereocenters. The topological polar surface area (TPSA) is 53.1 Å².